The predicted octanol–water partition coefficient (Wildman–Crippen LogP) is 4.09. The number of benzene rings is 1. The number of aromatic nitrogens is 1. The van der Waals surface area contributed by atoms with Crippen LogP contribution in [0.25, 0.3) is 10.9 Å². The van der Waals surface area contributed by atoms with Crippen molar-refractivity contribution in [2.75, 3.05) is 13.2 Å². The van der Waals surface area contributed by atoms with Gasteiger partial charge < -0.3 is 14.6 Å². The van der Waals surface area contributed by atoms with Crippen LogP contribution in [0, 0.1) is 0 Å². The Morgan fingerprint density at radius 3 is 2.96 bits per heavy atom. The first kappa shape index (κ1) is 18.2. The fourth-order valence-corrected chi connectivity index (χ4v) is 2.51. The standard InChI is InChI=1S/C18H20ClNO4/c1-2-11-23-12-4-3-7-16(18(21)22)24-15-9-8-14(19)13-6-5-10-20-17(13)15/h2,5-6,8-10,16H,1,3-4,7,11-12H2,(H,21,22). The lowest BCUT2D eigenvalue weighted by molar-refractivity contribution is -0.145. The molecule has 1 atom stereocenters. The van der Waals surface area contributed by atoms with E-state index < -0.39 is 12.1 Å². The summed E-state index contributed by atoms with van der Waals surface area (Å²) in [7, 11) is 0. The molecule has 128 valence electrons. The maximum absolute atomic E-state index is 11.5. The number of fused-ring (bicyclic) bond motifs is 1. The number of halogens is 1. The number of unbranched alkanes of at least 4 members (excludes halogenated alkanes) is 1. The van der Waals surface area contributed by atoms with Gasteiger partial charge in [0.15, 0.2) is 6.10 Å². The van der Waals surface area contributed by atoms with Gasteiger partial charge in [-0.1, -0.05) is 17.7 Å². The monoisotopic (exact) mass is 349 g/mol. The molecule has 6 heteroatoms. The van der Waals surface area contributed by atoms with Crippen LogP contribution >= 0.6 is 11.6 Å². The summed E-state index contributed by atoms with van der Waals surface area (Å²) in [5.41, 5.74) is 0.561. The van der Waals surface area contributed by atoms with Crippen LogP contribution < -0.4 is 4.74 Å². The second kappa shape index (κ2) is 9.25. The summed E-state index contributed by atoms with van der Waals surface area (Å²) in [6.45, 7) is 4.64. The molecule has 1 aromatic carbocycles. The average molecular weight is 350 g/mol. The minimum Gasteiger partial charge on any atom is -0.479 e. The topological polar surface area (TPSA) is 68.7 Å². The van der Waals surface area contributed by atoms with Gasteiger partial charge in [0.05, 0.1) is 11.6 Å². The summed E-state index contributed by atoms with van der Waals surface area (Å²) >= 11 is 6.14. The van der Waals surface area contributed by atoms with Gasteiger partial charge in [0.1, 0.15) is 11.3 Å². The summed E-state index contributed by atoms with van der Waals surface area (Å²) in [5, 5.41) is 10.7. The van der Waals surface area contributed by atoms with E-state index in [1.54, 1.807) is 30.5 Å². The molecule has 0 spiro atoms. The summed E-state index contributed by atoms with van der Waals surface area (Å²) in [4.78, 5) is 15.7. The van der Waals surface area contributed by atoms with Gasteiger partial charge in [0, 0.05) is 18.2 Å². The fourth-order valence-electron chi connectivity index (χ4n) is 2.29. The number of rotatable bonds is 10. The highest BCUT2D eigenvalue weighted by atomic mass is 35.5. The number of carbonyl (C=O) groups is 1. The molecular weight excluding hydrogens is 330 g/mol. The third kappa shape index (κ3) is 4.94. The van der Waals surface area contributed by atoms with E-state index in [0.717, 1.165) is 11.8 Å². The van der Waals surface area contributed by atoms with Crippen molar-refractivity contribution >= 4 is 28.5 Å². The summed E-state index contributed by atoms with van der Waals surface area (Å²) in [5.74, 6) is -0.577. The lowest BCUT2D eigenvalue weighted by atomic mass is 10.1. The number of carboxylic acids is 1. The molecule has 2 rings (SSSR count). The van der Waals surface area contributed by atoms with Gasteiger partial charge in [-0.3, -0.25) is 4.98 Å². The van der Waals surface area contributed by atoms with Crippen LogP contribution in [-0.4, -0.2) is 35.4 Å². The Balaban J connectivity index is 2.02. The number of hydrogen-bond acceptors (Lipinski definition) is 4. The van der Waals surface area contributed by atoms with Crippen LogP contribution in [-0.2, 0) is 9.53 Å². The normalized spacial score (nSPS) is 12.0. The van der Waals surface area contributed by atoms with Gasteiger partial charge in [-0.2, -0.15) is 0 Å². The first-order valence-electron chi connectivity index (χ1n) is 7.75. The second-order valence-corrected chi connectivity index (χ2v) is 5.66. The number of nitrogens with zero attached hydrogens (tertiary/aromatic N) is 1. The van der Waals surface area contributed by atoms with Crippen molar-refractivity contribution in [2.45, 2.75) is 25.4 Å². The summed E-state index contributed by atoms with van der Waals surface area (Å²) < 4.78 is 11.0. The van der Waals surface area contributed by atoms with Crippen molar-refractivity contribution < 1.29 is 19.4 Å². The number of hydrogen-bond donors (Lipinski definition) is 1. The van der Waals surface area contributed by atoms with Gasteiger partial charge >= 0.3 is 5.97 Å². The van der Waals surface area contributed by atoms with Crippen molar-refractivity contribution in [3.63, 3.8) is 0 Å². The maximum Gasteiger partial charge on any atom is 0.344 e. The predicted molar refractivity (Wildman–Crippen MR) is 93.7 cm³/mol. The second-order valence-electron chi connectivity index (χ2n) is 5.25. The maximum atomic E-state index is 11.5. The molecule has 0 saturated heterocycles. The van der Waals surface area contributed by atoms with Crippen LogP contribution in [0.15, 0.2) is 43.1 Å². The molecule has 0 aliphatic rings. The lowest BCUT2D eigenvalue weighted by Crippen LogP contribution is -2.27. The molecule has 2 aromatic rings. The van der Waals surface area contributed by atoms with Crippen molar-refractivity contribution in [1.82, 2.24) is 4.98 Å². The van der Waals surface area contributed by atoms with Gasteiger partial charge in [-0.15, -0.1) is 6.58 Å². The van der Waals surface area contributed by atoms with E-state index in [1.165, 1.54) is 0 Å². The molecule has 0 fully saturated rings. The number of carboxylic acid groups (broad SMARTS) is 1. The SMILES string of the molecule is C=CCOCCCCC(Oc1ccc(Cl)c2cccnc12)C(=O)O. The van der Waals surface area contributed by atoms with E-state index in [2.05, 4.69) is 11.6 Å². The Morgan fingerprint density at radius 1 is 1.38 bits per heavy atom. The van der Waals surface area contributed by atoms with E-state index in [9.17, 15) is 9.90 Å². The zero-order valence-electron chi connectivity index (χ0n) is 13.3. The first-order chi connectivity index (χ1) is 11.6. The molecule has 1 heterocycles. The van der Waals surface area contributed by atoms with Crippen LogP contribution in [0.2, 0.25) is 5.02 Å². The Hall–Kier alpha value is -2.11. The van der Waals surface area contributed by atoms with E-state index >= 15 is 0 Å². The van der Waals surface area contributed by atoms with Gasteiger partial charge in [0.25, 0.3) is 0 Å². The van der Waals surface area contributed by atoms with E-state index in [1.807, 2.05) is 6.07 Å². The summed E-state index contributed by atoms with van der Waals surface area (Å²) in [6, 6.07) is 6.93. The molecule has 1 N–H and O–H groups in total. The Kier molecular flexibility index (Phi) is 7.03. The van der Waals surface area contributed by atoms with E-state index in [0.29, 0.717) is 42.3 Å². The van der Waals surface area contributed by atoms with Crippen molar-refractivity contribution in [3.8, 4) is 5.75 Å². The van der Waals surface area contributed by atoms with Crippen LogP contribution in [0.5, 0.6) is 5.75 Å². The van der Waals surface area contributed by atoms with Crippen LogP contribution in [0.1, 0.15) is 19.3 Å². The largest absolute Gasteiger partial charge is 0.479 e. The molecule has 0 aliphatic carbocycles. The third-order valence-corrected chi connectivity index (χ3v) is 3.79. The molecule has 0 saturated carbocycles. The first-order valence-corrected chi connectivity index (χ1v) is 8.12. The highest BCUT2D eigenvalue weighted by Crippen LogP contribution is 2.30. The Bertz CT molecular complexity index is 704. The lowest BCUT2D eigenvalue weighted by Gasteiger charge is -2.16. The number of aliphatic carboxylic acids is 1. The van der Waals surface area contributed by atoms with Crippen LogP contribution in [0.3, 0.4) is 0 Å². The molecule has 1 unspecified atom stereocenters. The van der Waals surface area contributed by atoms with Gasteiger partial charge in [-0.25, -0.2) is 4.79 Å². The smallest absolute Gasteiger partial charge is 0.344 e. The third-order valence-electron chi connectivity index (χ3n) is 3.46. The van der Waals surface area contributed by atoms with Crippen LogP contribution in [0.4, 0.5) is 0 Å². The fraction of sp³-hybridized carbons (Fsp3) is 0.333. The quantitative estimate of drug-likeness (QED) is 0.516. The molecule has 0 aliphatic heterocycles. The average Bonchev–Trinajstić information content (AvgIpc) is 2.59. The van der Waals surface area contributed by atoms with E-state index in [4.69, 9.17) is 21.1 Å². The zero-order chi connectivity index (χ0) is 17.4. The summed E-state index contributed by atoms with van der Waals surface area (Å²) in [6.07, 6.45) is 4.22. The molecule has 0 bridgehead atoms. The van der Waals surface area contributed by atoms with Crippen molar-refractivity contribution in [2.24, 2.45) is 0 Å². The van der Waals surface area contributed by atoms with E-state index in [-0.39, 0.29) is 0 Å². The zero-order valence-corrected chi connectivity index (χ0v) is 14.0. The minimum absolute atomic E-state index is 0.393. The van der Waals surface area contributed by atoms with Gasteiger partial charge in [-0.05, 0) is 43.5 Å². The van der Waals surface area contributed by atoms with Gasteiger partial charge in [0.2, 0.25) is 0 Å². The number of pyridine rings is 1. The van der Waals surface area contributed by atoms with Crippen molar-refractivity contribution in [3.05, 3.63) is 48.1 Å². The Labute approximate surface area is 145 Å². The Morgan fingerprint density at radius 2 is 2.21 bits per heavy atom. The molecule has 0 amide bonds. The van der Waals surface area contributed by atoms with Crippen molar-refractivity contribution in [1.29, 1.82) is 0 Å². The molecule has 1 aromatic heterocycles. The highest BCUT2D eigenvalue weighted by molar-refractivity contribution is 6.35. The highest BCUT2D eigenvalue weighted by Gasteiger charge is 2.20. The molecule has 24 heavy (non-hydrogen) atoms. The molecular formula is C18H20ClNO4. The number of ether oxygens (including phenoxy) is 2. The minimum atomic E-state index is -0.999. The molecule has 5 nitrogen and oxygen atoms in total. The molecule has 0 radical (unpaired) electrons.